The van der Waals surface area contributed by atoms with E-state index >= 15 is 0 Å². The lowest BCUT2D eigenvalue weighted by atomic mass is 9.95. The summed E-state index contributed by atoms with van der Waals surface area (Å²) in [6.45, 7) is 0. The predicted molar refractivity (Wildman–Crippen MR) is 192 cm³/mol. The normalized spacial score (nSPS) is 11.6. The van der Waals surface area contributed by atoms with Crippen LogP contribution >= 0.6 is 11.3 Å². The van der Waals surface area contributed by atoms with Gasteiger partial charge in [0.15, 0.2) is 0 Å². The van der Waals surface area contributed by atoms with Gasteiger partial charge in [0.25, 0.3) is 0 Å². The van der Waals surface area contributed by atoms with Gasteiger partial charge in [-0.2, -0.15) is 0 Å². The number of benzene rings is 8. The topological polar surface area (TPSA) is 3.24 Å². The number of thiophene rings is 1. The summed E-state index contributed by atoms with van der Waals surface area (Å²) in [7, 11) is 0. The van der Waals surface area contributed by atoms with Crippen LogP contribution in [-0.2, 0) is 0 Å². The standard InChI is InChI=1S/C42H27NS/c1-2-10-28(11-3-1)29-18-21-31(22-19-29)43(32-23-25-42-39(26-32)37-16-8-9-17-41(37)44-42)40-27-38-33-13-5-4-12-30(33)20-24-35(38)34-14-6-7-15-36(34)40/h1-27H. The molecular formula is C42H27NS. The molecule has 0 fully saturated rings. The number of anilines is 3. The van der Waals surface area contributed by atoms with Gasteiger partial charge in [-0.05, 0) is 80.5 Å². The Morgan fingerprint density at radius 1 is 0.341 bits per heavy atom. The molecule has 0 saturated heterocycles. The van der Waals surface area contributed by atoms with Gasteiger partial charge in [0, 0.05) is 36.9 Å². The summed E-state index contributed by atoms with van der Waals surface area (Å²) in [5.74, 6) is 0. The predicted octanol–water partition coefficient (Wildman–Crippen LogP) is 12.7. The van der Waals surface area contributed by atoms with Gasteiger partial charge in [0.2, 0.25) is 0 Å². The zero-order chi connectivity index (χ0) is 29.0. The van der Waals surface area contributed by atoms with Crippen molar-refractivity contribution in [1.29, 1.82) is 0 Å². The van der Waals surface area contributed by atoms with Crippen LogP contribution in [0.2, 0.25) is 0 Å². The molecule has 1 nitrogen and oxygen atoms in total. The summed E-state index contributed by atoms with van der Waals surface area (Å²) in [6, 6.07) is 59.8. The monoisotopic (exact) mass is 577 g/mol. The molecule has 0 amide bonds. The van der Waals surface area contributed by atoms with Crippen molar-refractivity contribution in [1.82, 2.24) is 0 Å². The molecule has 9 aromatic rings. The molecular weight excluding hydrogens is 551 g/mol. The van der Waals surface area contributed by atoms with Crippen LogP contribution < -0.4 is 4.90 Å². The zero-order valence-corrected chi connectivity index (χ0v) is 24.8. The lowest BCUT2D eigenvalue weighted by Crippen LogP contribution is -2.10. The van der Waals surface area contributed by atoms with Gasteiger partial charge in [-0.25, -0.2) is 0 Å². The van der Waals surface area contributed by atoms with Crippen LogP contribution in [0.3, 0.4) is 0 Å². The number of hydrogen-bond donors (Lipinski definition) is 0. The van der Waals surface area contributed by atoms with E-state index in [9.17, 15) is 0 Å². The van der Waals surface area contributed by atoms with Crippen LogP contribution in [0.15, 0.2) is 164 Å². The van der Waals surface area contributed by atoms with Crippen LogP contribution in [0, 0.1) is 0 Å². The highest BCUT2D eigenvalue weighted by atomic mass is 32.1. The molecule has 0 aliphatic rings. The first-order valence-corrected chi connectivity index (χ1v) is 15.8. The highest BCUT2D eigenvalue weighted by molar-refractivity contribution is 7.25. The number of nitrogens with zero attached hydrogens (tertiary/aromatic N) is 1. The van der Waals surface area contributed by atoms with Gasteiger partial charge in [0.05, 0.1) is 5.69 Å². The Labute approximate surface area is 259 Å². The minimum atomic E-state index is 1.13. The lowest BCUT2D eigenvalue weighted by molar-refractivity contribution is 1.31. The summed E-state index contributed by atoms with van der Waals surface area (Å²) >= 11 is 1.86. The van der Waals surface area contributed by atoms with Crippen molar-refractivity contribution in [3.63, 3.8) is 0 Å². The third kappa shape index (κ3) is 4.00. The molecule has 1 aromatic heterocycles. The molecule has 44 heavy (non-hydrogen) atoms. The Morgan fingerprint density at radius 2 is 0.955 bits per heavy atom. The minimum Gasteiger partial charge on any atom is -0.310 e. The van der Waals surface area contributed by atoms with Gasteiger partial charge in [-0.3, -0.25) is 0 Å². The molecule has 8 aromatic carbocycles. The fourth-order valence-electron chi connectivity index (χ4n) is 6.74. The molecule has 0 unspecified atom stereocenters. The fourth-order valence-corrected chi connectivity index (χ4v) is 7.83. The maximum absolute atomic E-state index is 2.45. The SMILES string of the molecule is c1ccc(-c2ccc(N(c3ccc4sc5ccccc5c4c3)c3cc4c5ccccc5ccc4c4ccccc34)cc2)cc1. The van der Waals surface area contributed by atoms with Crippen molar-refractivity contribution >= 4 is 80.9 Å². The van der Waals surface area contributed by atoms with E-state index < -0.39 is 0 Å². The summed E-state index contributed by atoms with van der Waals surface area (Å²) in [4.78, 5) is 2.45. The van der Waals surface area contributed by atoms with Crippen molar-refractivity contribution in [2.75, 3.05) is 4.90 Å². The molecule has 0 radical (unpaired) electrons. The molecule has 2 heteroatoms. The van der Waals surface area contributed by atoms with Gasteiger partial charge in [-0.1, -0.05) is 121 Å². The fraction of sp³-hybridized carbons (Fsp3) is 0. The molecule has 0 spiro atoms. The Balaban J connectivity index is 1.34. The van der Waals surface area contributed by atoms with Gasteiger partial charge in [-0.15, -0.1) is 11.3 Å². The van der Waals surface area contributed by atoms with E-state index in [0.717, 1.165) is 11.4 Å². The zero-order valence-electron chi connectivity index (χ0n) is 23.9. The third-order valence-electron chi connectivity index (χ3n) is 8.84. The summed E-state index contributed by atoms with van der Waals surface area (Å²) in [6.07, 6.45) is 0. The second-order valence-electron chi connectivity index (χ2n) is 11.4. The first-order valence-electron chi connectivity index (χ1n) is 15.0. The highest BCUT2D eigenvalue weighted by Crippen LogP contribution is 2.45. The van der Waals surface area contributed by atoms with E-state index in [0.29, 0.717) is 0 Å². The van der Waals surface area contributed by atoms with Crippen molar-refractivity contribution in [3.8, 4) is 11.1 Å². The third-order valence-corrected chi connectivity index (χ3v) is 9.99. The van der Waals surface area contributed by atoms with Crippen LogP contribution in [0.5, 0.6) is 0 Å². The van der Waals surface area contributed by atoms with Crippen LogP contribution in [0.4, 0.5) is 17.1 Å². The van der Waals surface area contributed by atoms with Crippen molar-refractivity contribution < 1.29 is 0 Å². The van der Waals surface area contributed by atoms with Crippen LogP contribution in [0.25, 0.3) is 63.6 Å². The highest BCUT2D eigenvalue weighted by Gasteiger charge is 2.19. The van der Waals surface area contributed by atoms with E-state index in [1.165, 1.54) is 69.3 Å². The Hall–Kier alpha value is -5.44. The Kier molecular flexibility index (Phi) is 5.75. The molecule has 0 aliphatic heterocycles. The first kappa shape index (κ1) is 25.1. The van der Waals surface area contributed by atoms with E-state index in [1.807, 2.05) is 11.3 Å². The molecule has 9 rings (SSSR count). The lowest BCUT2D eigenvalue weighted by Gasteiger charge is -2.28. The minimum absolute atomic E-state index is 1.13. The average Bonchev–Trinajstić information content (AvgIpc) is 3.47. The smallest absolute Gasteiger partial charge is 0.0546 e. The quantitative estimate of drug-likeness (QED) is 0.188. The van der Waals surface area contributed by atoms with Crippen LogP contribution in [-0.4, -0.2) is 0 Å². The summed E-state index contributed by atoms with van der Waals surface area (Å²) in [5, 5.41) is 10.2. The van der Waals surface area contributed by atoms with Gasteiger partial charge >= 0.3 is 0 Å². The Morgan fingerprint density at radius 3 is 1.80 bits per heavy atom. The molecule has 0 N–H and O–H groups in total. The summed E-state index contributed by atoms with van der Waals surface area (Å²) in [5.41, 5.74) is 5.89. The molecule has 0 saturated carbocycles. The molecule has 0 aliphatic carbocycles. The number of fused-ring (bicyclic) bond motifs is 8. The second-order valence-corrected chi connectivity index (χ2v) is 12.4. The van der Waals surface area contributed by atoms with Crippen molar-refractivity contribution in [2.24, 2.45) is 0 Å². The van der Waals surface area contributed by atoms with E-state index in [4.69, 9.17) is 0 Å². The van der Waals surface area contributed by atoms with Crippen molar-refractivity contribution in [3.05, 3.63) is 164 Å². The molecule has 0 bridgehead atoms. The second kappa shape index (κ2) is 10.1. The van der Waals surface area contributed by atoms with Crippen LogP contribution in [0.1, 0.15) is 0 Å². The number of rotatable bonds is 4. The van der Waals surface area contributed by atoms with E-state index in [1.54, 1.807) is 0 Å². The molecule has 206 valence electrons. The first-order chi connectivity index (χ1) is 21.8. The number of hydrogen-bond acceptors (Lipinski definition) is 2. The summed E-state index contributed by atoms with van der Waals surface area (Å²) < 4.78 is 2.63. The maximum Gasteiger partial charge on any atom is 0.0546 e. The van der Waals surface area contributed by atoms with Crippen molar-refractivity contribution in [2.45, 2.75) is 0 Å². The maximum atomic E-state index is 2.45. The molecule has 1 heterocycles. The van der Waals surface area contributed by atoms with Gasteiger partial charge < -0.3 is 4.90 Å². The Bertz CT molecular complexity index is 2490. The van der Waals surface area contributed by atoms with Gasteiger partial charge in [0.1, 0.15) is 0 Å². The van der Waals surface area contributed by atoms with E-state index in [2.05, 4.69) is 169 Å². The molecule has 0 atom stereocenters. The van der Waals surface area contributed by atoms with E-state index in [-0.39, 0.29) is 0 Å². The largest absolute Gasteiger partial charge is 0.310 e. The average molecular weight is 578 g/mol.